The van der Waals surface area contributed by atoms with Crippen LogP contribution in [0.2, 0.25) is 0 Å². The number of aliphatic hydroxyl groups is 1. The molecule has 0 aromatic rings. The van der Waals surface area contributed by atoms with E-state index in [1.807, 2.05) is 0 Å². The van der Waals surface area contributed by atoms with Crippen LogP contribution < -0.4 is 60.2 Å². The molecule has 26 heteroatoms. The minimum Gasteiger partial charge on any atom is -0.480 e. The minimum absolute atomic E-state index is 0.00312. The highest BCUT2D eigenvalue weighted by Crippen LogP contribution is 2.23. The molecule has 2 saturated heterocycles. The Bertz CT molecular complexity index is 1680. The molecular formula is C39H68N12O12S2. The number of carboxylic acid groups (broad SMARTS) is 1. The molecule has 2 aliphatic rings. The molecule has 0 aliphatic carbocycles. The van der Waals surface area contributed by atoms with Crippen LogP contribution in [0.25, 0.3) is 0 Å². The lowest BCUT2D eigenvalue weighted by Gasteiger charge is -2.30. The third-order valence-electron chi connectivity index (χ3n) is 10.4. The van der Waals surface area contributed by atoms with Crippen LogP contribution in [0.5, 0.6) is 0 Å². The smallest absolute Gasteiger partial charge is 0.327 e. The molecule has 65 heavy (non-hydrogen) atoms. The summed E-state index contributed by atoms with van der Waals surface area (Å²) in [5.74, 6) is -9.57. The number of carboxylic acids is 1. The molecule has 17 N–H and O–H groups in total. The summed E-state index contributed by atoms with van der Waals surface area (Å²) in [4.78, 5) is 134. The molecule has 0 saturated carbocycles. The average molecular weight is 961 g/mol. The van der Waals surface area contributed by atoms with Crippen molar-refractivity contribution in [3.63, 3.8) is 0 Å². The van der Waals surface area contributed by atoms with E-state index < -0.39 is 127 Å². The fraction of sp³-hybridized carbons (Fsp3) is 0.744. The van der Waals surface area contributed by atoms with Crippen molar-refractivity contribution in [1.82, 2.24) is 42.1 Å². The van der Waals surface area contributed by atoms with Gasteiger partial charge in [-0.1, -0.05) is 35.4 Å². The van der Waals surface area contributed by atoms with Gasteiger partial charge in [0.25, 0.3) is 0 Å². The van der Waals surface area contributed by atoms with Crippen LogP contribution in [0.1, 0.15) is 85.0 Å². The predicted octanol–water partition coefficient (Wildman–Crippen LogP) is -4.63. The molecule has 0 aromatic heterocycles. The normalized spacial score (nSPS) is 27.9. The Morgan fingerprint density at radius 3 is 1.74 bits per heavy atom. The number of aliphatic hydroxyl groups excluding tert-OH is 1. The van der Waals surface area contributed by atoms with Crippen molar-refractivity contribution in [2.45, 2.75) is 139 Å². The first-order valence-electron chi connectivity index (χ1n) is 21.7. The number of nitrogens with one attached hydrogen (secondary N) is 7. The van der Waals surface area contributed by atoms with Crippen molar-refractivity contribution in [1.29, 1.82) is 0 Å². The van der Waals surface area contributed by atoms with E-state index in [9.17, 15) is 58.2 Å². The zero-order valence-electron chi connectivity index (χ0n) is 37.1. The van der Waals surface area contributed by atoms with Gasteiger partial charge in [-0.3, -0.25) is 43.2 Å². The van der Waals surface area contributed by atoms with E-state index in [1.54, 1.807) is 13.8 Å². The summed E-state index contributed by atoms with van der Waals surface area (Å²) in [7, 11) is 2.04. The number of nitrogens with zero attached hydrogens (tertiary/aromatic N) is 1. The van der Waals surface area contributed by atoms with Crippen LogP contribution in [0.3, 0.4) is 0 Å². The van der Waals surface area contributed by atoms with Gasteiger partial charge in [0, 0.05) is 18.1 Å². The molecule has 0 radical (unpaired) electrons. The van der Waals surface area contributed by atoms with Gasteiger partial charge in [0.15, 0.2) is 0 Å². The quantitative estimate of drug-likeness (QED) is 0.0575. The monoisotopic (exact) mass is 960 g/mol. The van der Waals surface area contributed by atoms with Crippen molar-refractivity contribution in [3.8, 4) is 0 Å². The van der Waals surface area contributed by atoms with Gasteiger partial charge in [-0.25, -0.2) is 4.79 Å². The molecule has 2 heterocycles. The summed E-state index contributed by atoms with van der Waals surface area (Å²) in [5.41, 5.74) is 22.9. The second kappa shape index (κ2) is 29.0. The third-order valence-corrected chi connectivity index (χ3v) is 12.9. The van der Waals surface area contributed by atoms with Crippen molar-refractivity contribution in [2.75, 3.05) is 37.7 Å². The maximum atomic E-state index is 13.8. The summed E-state index contributed by atoms with van der Waals surface area (Å²) in [6, 6.07) is -12.2. The molecule has 368 valence electrons. The Kier molecular flexibility index (Phi) is 25.1. The Hall–Kier alpha value is -4.76. The van der Waals surface area contributed by atoms with Gasteiger partial charge in [0.05, 0.1) is 19.1 Å². The summed E-state index contributed by atoms with van der Waals surface area (Å²) in [6.45, 7) is 4.49. The minimum atomic E-state index is -1.70. The SMILES string of the molecule is CC(C)C[C@@H]1NC(=O)[C@H](C)NC(=O)[C@@H]2CCCN2C(=O)[C@H](CO)NC(=O)[C@H](CC(N)=O)NC(=O)[C@H](CCCCN)NC(=O)[C@H](CCCCN)NC(=O)[C@@H](N)CSSC[C@@H](C(=O)O)NC1=O. The lowest BCUT2D eigenvalue weighted by atomic mass is 10.0. The van der Waals surface area contributed by atoms with Crippen LogP contribution in [0, 0.1) is 5.92 Å². The van der Waals surface area contributed by atoms with E-state index in [-0.39, 0.29) is 62.7 Å². The molecule has 0 unspecified atom stereocenters. The van der Waals surface area contributed by atoms with E-state index in [0.29, 0.717) is 32.1 Å². The first-order chi connectivity index (χ1) is 30.7. The van der Waals surface area contributed by atoms with E-state index in [2.05, 4.69) is 37.2 Å². The van der Waals surface area contributed by atoms with Crippen molar-refractivity contribution >= 4 is 80.7 Å². The molecule has 0 aromatic carbocycles. The molecule has 0 bridgehead atoms. The van der Waals surface area contributed by atoms with Gasteiger partial charge in [0.1, 0.15) is 48.3 Å². The number of amides is 9. The molecule has 24 nitrogen and oxygen atoms in total. The zero-order chi connectivity index (χ0) is 48.8. The van der Waals surface area contributed by atoms with E-state index in [1.165, 1.54) is 6.92 Å². The average Bonchev–Trinajstić information content (AvgIpc) is 3.74. The molecule has 9 atom stereocenters. The van der Waals surface area contributed by atoms with Gasteiger partial charge >= 0.3 is 5.97 Å². The largest absolute Gasteiger partial charge is 0.480 e. The number of aliphatic carboxylic acids is 1. The second-order valence-corrected chi connectivity index (χ2v) is 18.9. The number of fused-ring (bicyclic) bond motifs is 1. The maximum absolute atomic E-state index is 13.8. The van der Waals surface area contributed by atoms with E-state index in [4.69, 9.17) is 22.9 Å². The molecular weight excluding hydrogens is 893 g/mol. The first kappa shape index (κ1) is 56.4. The fourth-order valence-electron chi connectivity index (χ4n) is 6.85. The van der Waals surface area contributed by atoms with Gasteiger partial charge < -0.3 is 75.3 Å². The van der Waals surface area contributed by atoms with Crippen molar-refractivity contribution < 1.29 is 58.2 Å². The molecule has 2 fully saturated rings. The highest BCUT2D eigenvalue weighted by atomic mass is 33.1. The zero-order valence-corrected chi connectivity index (χ0v) is 38.8. The van der Waals surface area contributed by atoms with Crippen molar-refractivity contribution in [2.24, 2.45) is 28.9 Å². The highest BCUT2D eigenvalue weighted by molar-refractivity contribution is 8.76. The van der Waals surface area contributed by atoms with Crippen LogP contribution in [-0.2, 0) is 47.9 Å². The van der Waals surface area contributed by atoms with Crippen LogP contribution >= 0.6 is 21.6 Å². The first-order valence-corrected chi connectivity index (χ1v) is 24.2. The number of carbonyl (C=O) groups is 10. The summed E-state index contributed by atoms with van der Waals surface area (Å²) in [5, 5.41) is 37.7. The maximum Gasteiger partial charge on any atom is 0.327 e. The Morgan fingerprint density at radius 2 is 1.20 bits per heavy atom. The molecule has 2 aliphatic heterocycles. The van der Waals surface area contributed by atoms with Crippen LogP contribution in [0.4, 0.5) is 0 Å². The number of unbranched alkanes of at least 4 members (excludes halogenated alkanes) is 2. The lowest BCUT2D eigenvalue weighted by molar-refractivity contribution is -0.143. The van der Waals surface area contributed by atoms with Crippen LogP contribution in [0.15, 0.2) is 0 Å². The number of hydrogen-bond acceptors (Lipinski definition) is 16. The van der Waals surface area contributed by atoms with Gasteiger partial charge in [0.2, 0.25) is 53.2 Å². The van der Waals surface area contributed by atoms with Gasteiger partial charge in [-0.05, 0) is 83.7 Å². The summed E-state index contributed by atoms with van der Waals surface area (Å²) >= 11 is 0. The Labute approximate surface area is 385 Å². The number of hydrogen-bond donors (Lipinski definition) is 13. The molecule has 9 amide bonds. The number of rotatable bonds is 14. The van der Waals surface area contributed by atoms with Gasteiger partial charge in [-0.15, -0.1) is 0 Å². The summed E-state index contributed by atoms with van der Waals surface area (Å²) in [6.07, 6.45) is 1.53. The van der Waals surface area contributed by atoms with E-state index >= 15 is 0 Å². The van der Waals surface area contributed by atoms with Gasteiger partial charge in [-0.2, -0.15) is 0 Å². The van der Waals surface area contributed by atoms with Crippen molar-refractivity contribution in [3.05, 3.63) is 0 Å². The number of nitrogens with two attached hydrogens (primary N) is 4. The molecule has 2 rings (SSSR count). The van der Waals surface area contributed by atoms with Crippen LogP contribution in [-0.4, -0.2) is 166 Å². The van der Waals surface area contributed by atoms with E-state index in [0.717, 1.165) is 26.5 Å². The molecule has 0 spiro atoms. The lowest BCUT2D eigenvalue weighted by Crippen LogP contribution is -2.61. The highest BCUT2D eigenvalue weighted by Gasteiger charge is 2.40. The Morgan fingerprint density at radius 1 is 0.692 bits per heavy atom. The third kappa shape index (κ3) is 19.3. The fourth-order valence-corrected chi connectivity index (χ4v) is 9.13. The number of carbonyl (C=O) groups excluding carboxylic acids is 9. The second-order valence-electron chi connectivity index (χ2n) is 16.4. The summed E-state index contributed by atoms with van der Waals surface area (Å²) < 4.78 is 0. The predicted molar refractivity (Wildman–Crippen MR) is 241 cm³/mol. The number of primary amides is 1. The topological polar surface area (TPSA) is 403 Å². The standard InChI is InChI=1S/C39H68N12O12S2/c1-20(2)15-25-35(58)50-28(39(62)63)19-65-64-18-22(42)32(55)45-23(9-4-6-12-40)33(56)46-24(10-5-7-13-41)34(57)48-26(16-30(43)53)36(59)49-27(17-52)38(61)51-14-8-11-29(51)37(60)44-21(3)31(54)47-25/h20-29,52H,4-19,40-42H2,1-3H3,(H2,43,53)(H,44,60)(H,45,55)(H,46,56)(H,47,54)(H,48,57)(H,49,59)(H,50,58)(H,62,63)/t21-,22-,23-,24-,25-,26-,27-,28-,29-/m0/s1. The Balaban J connectivity index is 2.55.